The third-order valence-corrected chi connectivity index (χ3v) is 6.97. The van der Waals surface area contributed by atoms with Crippen molar-refractivity contribution < 1.29 is 18.7 Å². The number of nitrogens with zero attached hydrogens (tertiary/aromatic N) is 1. The number of nitrogens with two attached hydrogens (primary N) is 1. The van der Waals surface area contributed by atoms with Crippen LogP contribution in [0, 0.1) is 5.82 Å². The molecule has 8 heteroatoms. The fourth-order valence-electron chi connectivity index (χ4n) is 4.68. The molecule has 6 nitrogen and oxygen atoms in total. The van der Waals surface area contributed by atoms with Crippen molar-refractivity contribution >= 4 is 29.9 Å². The summed E-state index contributed by atoms with van der Waals surface area (Å²) in [6.45, 7) is 0.555. The largest absolute Gasteiger partial charge is 0.455 e. The molecule has 0 spiro atoms. The second-order valence-electron chi connectivity index (χ2n) is 10.0. The molecule has 5 aromatic rings. The highest BCUT2D eigenvalue weighted by Gasteiger charge is 2.23. The van der Waals surface area contributed by atoms with Gasteiger partial charge in [-0.2, -0.15) is 0 Å². The van der Waals surface area contributed by atoms with E-state index in [1.54, 1.807) is 35.2 Å². The minimum absolute atomic E-state index is 0. The molecule has 0 atom stereocenters. The van der Waals surface area contributed by atoms with Crippen LogP contribution >= 0.6 is 12.4 Å². The highest BCUT2D eigenvalue weighted by atomic mass is 35.5. The van der Waals surface area contributed by atoms with Crippen LogP contribution in [0.15, 0.2) is 127 Å². The molecule has 0 saturated heterocycles. The second-order valence-corrected chi connectivity index (χ2v) is 10.0. The van der Waals surface area contributed by atoms with Crippen LogP contribution in [0.3, 0.4) is 0 Å². The van der Waals surface area contributed by atoms with E-state index >= 15 is 0 Å². The van der Waals surface area contributed by atoms with E-state index in [-0.39, 0.29) is 25.5 Å². The first kappa shape index (κ1) is 31.9. The van der Waals surface area contributed by atoms with Gasteiger partial charge in [0, 0.05) is 18.7 Å². The van der Waals surface area contributed by atoms with Gasteiger partial charge in [0.1, 0.15) is 18.0 Å². The van der Waals surface area contributed by atoms with Crippen molar-refractivity contribution in [3.05, 3.63) is 150 Å². The molecule has 0 fully saturated rings. The molecule has 3 N–H and O–H groups in total. The molecule has 0 aromatic heterocycles. The summed E-state index contributed by atoms with van der Waals surface area (Å²) in [5.74, 6) is -0.313. The predicted octanol–water partition coefficient (Wildman–Crippen LogP) is 7.41. The van der Waals surface area contributed by atoms with Gasteiger partial charge in [0.2, 0.25) is 11.8 Å². The molecule has 0 bridgehead atoms. The average molecular weight is 610 g/mol. The number of hydrogen-bond acceptors (Lipinski definition) is 4. The van der Waals surface area contributed by atoms with Crippen molar-refractivity contribution in [2.24, 2.45) is 5.73 Å². The Kier molecular flexibility index (Phi) is 11.2. The normalized spacial score (nSPS) is 10.4. The molecule has 44 heavy (non-hydrogen) atoms. The van der Waals surface area contributed by atoms with Gasteiger partial charge in [0.05, 0.1) is 12.2 Å². The fraction of sp³-hybridized carbons (Fsp3) is 0.111. The lowest BCUT2D eigenvalue weighted by molar-refractivity contribution is -0.128. The summed E-state index contributed by atoms with van der Waals surface area (Å²) in [5, 5.41) is 2.66. The van der Waals surface area contributed by atoms with Crippen LogP contribution in [0.5, 0.6) is 11.5 Å². The van der Waals surface area contributed by atoms with Crippen molar-refractivity contribution in [3.8, 4) is 22.6 Å². The maximum atomic E-state index is 14.1. The van der Waals surface area contributed by atoms with Gasteiger partial charge in [-0.25, -0.2) is 4.39 Å². The van der Waals surface area contributed by atoms with Gasteiger partial charge in [-0.05, 0) is 52.6 Å². The monoisotopic (exact) mass is 609 g/mol. The predicted molar refractivity (Wildman–Crippen MR) is 174 cm³/mol. The second kappa shape index (κ2) is 15.5. The zero-order valence-corrected chi connectivity index (χ0v) is 24.8. The summed E-state index contributed by atoms with van der Waals surface area (Å²) >= 11 is 0. The molecule has 2 amide bonds. The van der Waals surface area contributed by atoms with E-state index in [0.29, 0.717) is 29.3 Å². The number of carbonyl (C=O) groups is 2. The molecule has 5 rings (SSSR count). The van der Waals surface area contributed by atoms with Gasteiger partial charge in [-0.3, -0.25) is 9.59 Å². The van der Waals surface area contributed by atoms with Crippen LogP contribution < -0.4 is 20.7 Å². The van der Waals surface area contributed by atoms with Gasteiger partial charge in [-0.1, -0.05) is 97.1 Å². The number of benzene rings is 5. The Labute approximate surface area is 262 Å². The number of carbonyl (C=O) groups excluding carboxylic acids is 2. The summed E-state index contributed by atoms with van der Waals surface area (Å²) in [6.07, 6.45) is -0.423. The quantitative estimate of drug-likeness (QED) is 0.153. The third kappa shape index (κ3) is 8.31. The van der Waals surface area contributed by atoms with Crippen molar-refractivity contribution in [2.45, 2.75) is 26.1 Å². The van der Waals surface area contributed by atoms with Crippen LogP contribution in [0.2, 0.25) is 0 Å². The van der Waals surface area contributed by atoms with E-state index in [2.05, 4.69) is 5.32 Å². The Morgan fingerprint density at radius 1 is 0.750 bits per heavy atom. The molecule has 0 aliphatic carbocycles. The molecule has 0 aliphatic heterocycles. The molecule has 0 heterocycles. The molecule has 0 aliphatic rings. The van der Waals surface area contributed by atoms with Crippen LogP contribution in [-0.4, -0.2) is 11.8 Å². The topological polar surface area (TPSA) is 84.7 Å². The number of rotatable bonds is 11. The number of para-hydroxylation sites is 2. The lowest BCUT2D eigenvalue weighted by Gasteiger charge is -2.25. The van der Waals surface area contributed by atoms with E-state index in [1.165, 1.54) is 6.07 Å². The van der Waals surface area contributed by atoms with E-state index in [0.717, 1.165) is 22.3 Å². The molecule has 5 aromatic carbocycles. The number of anilines is 1. The minimum Gasteiger partial charge on any atom is -0.455 e. The first-order valence-electron chi connectivity index (χ1n) is 14.0. The van der Waals surface area contributed by atoms with Gasteiger partial charge >= 0.3 is 0 Å². The Hall–Kier alpha value is -4.98. The molecule has 0 radical (unpaired) electrons. The lowest BCUT2D eigenvalue weighted by atomic mass is 10.0. The van der Waals surface area contributed by atoms with Crippen LogP contribution in [-0.2, 0) is 29.2 Å². The minimum atomic E-state index is -0.508. The van der Waals surface area contributed by atoms with E-state index in [1.807, 2.05) is 91.0 Å². The Bertz CT molecular complexity index is 1700. The van der Waals surface area contributed by atoms with Crippen LogP contribution in [0.4, 0.5) is 10.1 Å². The number of nitrogens with one attached hydrogen (secondary N) is 1. The number of halogens is 2. The molecule has 0 saturated carbocycles. The van der Waals surface area contributed by atoms with Crippen LogP contribution in [0.25, 0.3) is 11.1 Å². The Balaban J connectivity index is 0.00000442. The highest BCUT2D eigenvalue weighted by molar-refractivity contribution is 6.05. The highest BCUT2D eigenvalue weighted by Crippen LogP contribution is 2.34. The number of amides is 2. The zero-order valence-electron chi connectivity index (χ0n) is 24.0. The summed E-state index contributed by atoms with van der Waals surface area (Å²) in [6, 6.07) is 38.8. The summed E-state index contributed by atoms with van der Waals surface area (Å²) in [5.41, 5.74) is 10.6. The van der Waals surface area contributed by atoms with Crippen molar-refractivity contribution in [2.75, 3.05) is 4.90 Å². The summed E-state index contributed by atoms with van der Waals surface area (Å²) in [7, 11) is 0. The third-order valence-electron chi connectivity index (χ3n) is 6.97. The van der Waals surface area contributed by atoms with Gasteiger partial charge in [-0.15, -0.1) is 12.4 Å². The summed E-state index contributed by atoms with van der Waals surface area (Å²) in [4.78, 5) is 28.1. The summed E-state index contributed by atoms with van der Waals surface area (Å²) < 4.78 is 20.3. The maximum absolute atomic E-state index is 14.1. The standard InChI is InChI=1S/C36H32FN3O3.ClH/c37-32-14-5-4-12-30(32)24-39-35(41)22-36(42)40(25-26-17-19-29(20-18-26)28-10-2-1-3-11-28)33-15-6-7-16-34(33)43-31-13-8-9-27(21-31)23-38;/h1-21H,22-25,38H2,(H,39,41);1H. The van der Waals surface area contributed by atoms with Gasteiger partial charge in [0.25, 0.3) is 0 Å². The first-order valence-corrected chi connectivity index (χ1v) is 14.0. The van der Waals surface area contributed by atoms with E-state index < -0.39 is 24.1 Å². The van der Waals surface area contributed by atoms with Crippen molar-refractivity contribution in [1.82, 2.24) is 5.32 Å². The van der Waals surface area contributed by atoms with Crippen LogP contribution in [0.1, 0.15) is 23.1 Å². The van der Waals surface area contributed by atoms with E-state index in [4.69, 9.17) is 10.5 Å². The number of hydrogen-bond donors (Lipinski definition) is 2. The Morgan fingerprint density at radius 2 is 1.43 bits per heavy atom. The Morgan fingerprint density at radius 3 is 2.18 bits per heavy atom. The first-order chi connectivity index (χ1) is 21.0. The zero-order chi connectivity index (χ0) is 30.0. The van der Waals surface area contributed by atoms with Crippen molar-refractivity contribution in [3.63, 3.8) is 0 Å². The molecule has 0 unspecified atom stereocenters. The van der Waals surface area contributed by atoms with Gasteiger partial charge in [0.15, 0.2) is 5.75 Å². The fourth-order valence-corrected chi connectivity index (χ4v) is 4.68. The smallest absolute Gasteiger partial charge is 0.236 e. The lowest BCUT2D eigenvalue weighted by Crippen LogP contribution is -2.35. The maximum Gasteiger partial charge on any atom is 0.236 e. The van der Waals surface area contributed by atoms with Crippen molar-refractivity contribution in [1.29, 1.82) is 0 Å². The van der Waals surface area contributed by atoms with E-state index in [9.17, 15) is 14.0 Å². The molecular weight excluding hydrogens is 577 g/mol. The molecular formula is C36H33ClFN3O3. The number of ether oxygens (including phenoxy) is 1. The molecule has 224 valence electrons. The SMILES string of the molecule is Cl.NCc1cccc(Oc2ccccc2N(Cc2ccc(-c3ccccc3)cc2)C(=O)CC(=O)NCc2ccccc2F)c1. The van der Waals surface area contributed by atoms with Gasteiger partial charge < -0.3 is 20.7 Å². The average Bonchev–Trinajstić information content (AvgIpc) is 3.04.